The molecule has 3 atom stereocenters. The molecule has 3 aromatic carbocycles. The van der Waals surface area contributed by atoms with E-state index >= 15 is 0 Å². The van der Waals surface area contributed by atoms with Crippen molar-refractivity contribution in [2.45, 2.75) is 82.5 Å². The van der Waals surface area contributed by atoms with Crippen LogP contribution in [-0.2, 0) is 22.4 Å². The summed E-state index contributed by atoms with van der Waals surface area (Å²) in [4.78, 5) is 32.2. The number of piperazine rings is 1. The lowest BCUT2D eigenvalue weighted by Gasteiger charge is -2.45. The summed E-state index contributed by atoms with van der Waals surface area (Å²) in [6.45, 7) is 4.01. The third-order valence-corrected chi connectivity index (χ3v) is 10.6. The molecule has 2 saturated heterocycles. The molecule has 2 amide bonds. The monoisotopic (exact) mass is 702 g/mol. The number of ether oxygens (including phenoxy) is 1. The smallest absolute Gasteiger partial charge is 0.252 e. The molecule has 0 aromatic heterocycles. The Morgan fingerprint density at radius 1 is 0.922 bits per heavy atom. The Morgan fingerprint density at radius 3 is 2.33 bits per heavy atom. The number of hydrogen-bond acceptors (Lipinski definition) is 6. The van der Waals surface area contributed by atoms with E-state index in [1.54, 1.807) is 0 Å². The Morgan fingerprint density at radius 2 is 1.63 bits per heavy atom. The first kappa shape index (κ1) is 35.2. The number of benzene rings is 3. The van der Waals surface area contributed by atoms with Gasteiger partial charge in [-0.25, -0.2) is 8.78 Å². The van der Waals surface area contributed by atoms with Crippen LogP contribution in [0.4, 0.5) is 13.2 Å². The minimum absolute atomic E-state index is 0.00699. The van der Waals surface area contributed by atoms with Crippen LogP contribution in [0.15, 0.2) is 66.2 Å². The number of hydroxylamine groups is 2. The predicted molar refractivity (Wildman–Crippen MR) is 187 cm³/mol. The molecule has 3 aliphatic heterocycles. The van der Waals surface area contributed by atoms with Gasteiger partial charge in [0.2, 0.25) is 11.7 Å². The van der Waals surface area contributed by atoms with Gasteiger partial charge in [-0.2, -0.15) is 9.45 Å². The quantitative estimate of drug-likeness (QED) is 0.183. The summed E-state index contributed by atoms with van der Waals surface area (Å²) in [5, 5.41) is 15.2. The van der Waals surface area contributed by atoms with Crippen molar-refractivity contribution in [2.75, 3.05) is 32.8 Å². The molecule has 51 heavy (non-hydrogen) atoms. The highest BCUT2D eigenvalue weighted by molar-refractivity contribution is 6.03. The van der Waals surface area contributed by atoms with Crippen molar-refractivity contribution in [2.24, 2.45) is 0 Å². The fourth-order valence-corrected chi connectivity index (χ4v) is 7.72. The van der Waals surface area contributed by atoms with Crippen LogP contribution in [0.1, 0.15) is 60.8 Å². The molecular formula is C40H45F3N4O4. The lowest BCUT2D eigenvalue weighted by Crippen LogP contribution is -2.63. The lowest BCUT2D eigenvalue weighted by molar-refractivity contribution is -0.157. The summed E-state index contributed by atoms with van der Waals surface area (Å²) in [5.74, 6) is -4.22. The van der Waals surface area contributed by atoms with E-state index in [2.05, 4.69) is 36.5 Å². The van der Waals surface area contributed by atoms with Crippen LogP contribution in [0, 0.1) is 24.4 Å². The van der Waals surface area contributed by atoms with E-state index in [0.29, 0.717) is 57.4 Å². The van der Waals surface area contributed by atoms with Crippen molar-refractivity contribution < 1.29 is 32.7 Å². The zero-order chi connectivity index (χ0) is 35.6. The lowest BCUT2D eigenvalue weighted by atomic mass is 9.82. The molecule has 1 saturated carbocycles. The molecule has 1 unspecified atom stereocenters. The molecule has 0 spiro atoms. The number of nitrogens with one attached hydrogen (secondary N) is 1. The van der Waals surface area contributed by atoms with Gasteiger partial charge in [0.05, 0.1) is 12.6 Å². The van der Waals surface area contributed by atoms with Crippen molar-refractivity contribution in [3.63, 3.8) is 0 Å². The zero-order valence-corrected chi connectivity index (χ0v) is 28.9. The summed E-state index contributed by atoms with van der Waals surface area (Å²) >= 11 is 0. The number of carbonyl (C=O) groups is 2. The maximum Gasteiger partial charge on any atom is 0.252 e. The molecule has 3 fully saturated rings. The number of fused-ring (bicyclic) bond motifs is 2. The molecule has 4 aliphatic rings. The second kappa shape index (κ2) is 15.2. The van der Waals surface area contributed by atoms with E-state index < -0.39 is 29.2 Å². The molecule has 8 nitrogen and oxygen atoms in total. The van der Waals surface area contributed by atoms with Gasteiger partial charge in [0.25, 0.3) is 5.91 Å². The highest BCUT2D eigenvalue weighted by atomic mass is 19.2. The Kier molecular flexibility index (Phi) is 10.5. The average molecular weight is 703 g/mol. The van der Waals surface area contributed by atoms with Gasteiger partial charge in [0, 0.05) is 43.8 Å². The topological polar surface area (TPSA) is 85.4 Å². The maximum absolute atomic E-state index is 14.7. The van der Waals surface area contributed by atoms with Gasteiger partial charge in [-0.1, -0.05) is 54.1 Å². The Balaban J connectivity index is 1.11. The normalized spacial score (nSPS) is 22.0. The van der Waals surface area contributed by atoms with Gasteiger partial charge >= 0.3 is 0 Å². The van der Waals surface area contributed by atoms with E-state index in [0.717, 1.165) is 59.6 Å². The number of nitrogens with zero attached hydrogens (tertiary/aromatic N) is 3. The van der Waals surface area contributed by atoms with Crippen LogP contribution in [0.2, 0.25) is 0 Å². The molecule has 0 radical (unpaired) electrons. The third kappa shape index (κ3) is 7.85. The predicted octanol–water partition coefficient (Wildman–Crippen LogP) is 5.84. The van der Waals surface area contributed by atoms with E-state index in [9.17, 15) is 28.0 Å². The number of hydrogen-bond donors (Lipinski definition) is 2. The molecular weight excluding hydrogens is 657 g/mol. The van der Waals surface area contributed by atoms with Crippen molar-refractivity contribution >= 4 is 17.4 Å². The van der Waals surface area contributed by atoms with Crippen LogP contribution < -0.4 is 10.1 Å². The maximum atomic E-state index is 14.7. The fourth-order valence-electron chi connectivity index (χ4n) is 7.72. The second-order valence-corrected chi connectivity index (χ2v) is 14.4. The van der Waals surface area contributed by atoms with Crippen LogP contribution in [-0.4, -0.2) is 88.8 Å². The Hall–Kier alpha value is -4.19. The van der Waals surface area contributed by atoms with Gasteiger partial charge in [0.1, 0.15) is 6.04 Å². The number of aryl methyl sites for hydroxylation is 2. The number of carbonyl (C=O) groups excluding carboxylic acids is 2. The van der Waals surface area contributed by atoms with E-state index in [4.69, 9.17) is 4.74 Å². The highest BCUT2D eigenvalue weighted by Gasteiger charge is 2.45. The first-order chi connectivity index (χ1) is 24.7. The summed E-state index contributed by atoms with van der Waals surface area (Å²) in [5.41, 5.74) is 6.00. The Bertz CT molecular complexity index is 1780. The van der Waals surface area contributed by atoms with Gasteiger partial charge < -0.3 is 25.1 Å². The van der Waals surface area contributed by atoms with Gasteiger partial charge in [-0.15, -0.1) is 0 Å². The summed E-state index contributed by atoms with van der Waals surface area (Å²) in [6, 6.07) is 17.3. The van der Waals surface area contributed by atoms with Crippen LogP contribution in [0.25, 0.3) is 5.57 Å². The Labute approximate surface area is 296 Å². The SMILES string of the molecule is Cc1ccc(CCN(C(=O)C2=C(c3ccc(CCCOc4c(F)ccc(F)c4F)cc3)C[C@H]3CN(C(=O)C4CCCN4O)C[C@H]2N3)C2CC2)cc1. The van der Waals surface area contributed by atoms with Crippen LogP contribution in [0.5, 0.6) is 5.75 Å². The second-order valence-electron chi connectivity index (χ2n) is 14.4. The zero-order valence-electron chi connectivity index (χ0n) is 28.9. The summed E-state index contributed by atoms with van der Waals surface area (Å²) in [7, 11) is 0. The third-order valence-electron chi connectivity index (χ3n) is 10.6. The van der Waals surface area contributed by atoms with Crippen molar-refractivity contribution in [1.82, 2.24) is 20.2 Å². The average Bonchev–Trinajstić information content (AvgIpc) is 3.88. The van der Waals surface area contributed by atoms with E-state index in [-0.39, 0.29) is 36.5 Å². The van der Waals surface area contributed by atoms with E-state index in [1.165, 1.54) is 11.1 Å². The van der Waals surface area contributed by atoms with Gasteiger partial charge in [0.15, 0.2) is 17.4 Å². The minimum atomic E-state index is -1.33. The van der Waals surface area contributed by atoms with Crippen LogP contribution >= 0.6 is 0 Å². The molecule has 2 N–H and O–H groups in total. The molecule has 7 rings (SSSR count). The van der Waals surface area contributed by atoms with Crippen molar-refractivity contribution in [3.05, 3.63) is 106 Å². The number of halogens is 3. The highest BCUT2D eigenvalue weighted by Crippen LogP contribution is 2.37. The fraction of sp³-hybridized carbons (Fsp3) is 0.450. The summed E-state index contributed by atoms with van der Waals surface area (Å²) in [6.07, 6.45) is 5.69. The first-order valence-electron chi connectivity index (χ1n) is 18.1. The van der Waals surface area contributed by atoms with Crippen molar-refractivity contribution in [3.8, 4) is 5.75 Å². The van der Waals surface area contributed by atoms with E-state index in [1.807, 2.05) is 34.1 Å². The van der Waals surface area contributed by atoms with Gasteiger partial charge in [-0.3, -0.25) is 9.59 Å². The minimum Gasteiger partial charge on any atom is -0.488 e. The van der Waals surface area contributed by atoms with Crippen LogP contribution in [0.3, 0.4) is 0 Å². The number of amides is 2. The molecule has 270 valence electrons. The summed E-state index contributed by atoms with van der Waals surface area (Å²) < 4.78 is 46.7. The first-order valence-corrected chi connectivity index (χ1v) is 18.1. The molecule has 3 aromatic rings. The van der Waals surface area contributed by atoms with Crippen molar-refractivity contribution in [1.29, 1.82) is 0 Å². The molecule has 3 heterocycles. The number of rotatable bonds is 12. The molecule has 2 bridgehead atoms. The standard InChI is InChI=1S/C40H45F3N4O4/c1-25-6-8-27(9-7-25)18-20-46(30-14-15-30)40(49)36-31(22-29-23-45(24-34(36)44-29)39(48)35-5-2-19-47(35)50)28-12-10-26(11-13-28)4-3-21-51-38-33(42)17-16-32(41)37(38)43/h6-13,16-17,29-30,34-35,44,50H,2-5,14-15,18-24H2,1H3/t29-,34+,35?/m0/s1. The largest absolute Gasteiger partial charge is 0.488 e. The van der Waals surface area contributed by atoms with Gasteiger partial charge in [-0.05, 0) is 92.7 Å². The molecule has 11 heteroatoms. The molecule has 1 aliphatic carbocycles.